The third kappa shape index (κ3) is 4.23. The van der Waals surface area contributed by atoms with Gasteiger partial charge in [-0.05, 0) is 97.2 Å². The number of nitrogens with zero attached hydrogens (tertiary/aromatic N) is 8. The molecule has 7 heterocycles. The van der Waals surface area contributed by atoms with Gasteiger partial charge in [-0.15, -0.1) is 11.3 Å². The molecule has 5 aliphatic rings. The second-order valence-electron chi connectivity index (χ2n) is 14.9. The molecule has 4 N–H and O–H groups in total. The fourth-order valence-electron chi connectivity index (χ4n) is 9.55. The van der Waals surface area contributed by atoms with Crippen molar-refractivity contribution >= 4 is 39.0 Å². The van der Waals surface area contributed by atoms with Gasteiger partial charge in [0.2, 0.25) is 0 Å². The van der Waals surface area contributed by atoms with Crippen molar-refractivity contribution in [2.45, 2.75) is 107 Å². The van der Waals surface area contributed by atoms with E-state index in [0.29, 0.717) is 34.7 Å². The summed E-state index contributed by atoms with van der Waals surface area (Å²) in [4.78, 5) is 16.5. The maximum Gasteiger partial charge on any atom is 0.186 e. The minimum absolute atomic E-state index is 0.0967. The van der Waals surface area contributed by atoms with Crippen LogP contribution in [0.4, 0.5) is 16.6 Å². The Morgan fingerprint density at radius 2 is 2.00 bits per heavy atom. The lowest BCUT2D eigenvalue weighted by Gasteiger charge is -2.42. The maximum atomic E-state index is 11.3. The first-order valence-corrected chi connectivity index (χ1v) is 18.1. The van der Waals surface area contributed by atoms with Gasteiger partial charge in [0, 0.05) is 35.6 Å². The quantitative estimate of drug-likeness (QED) is 0.280. The van der Waals surface area contributed by atoms with Crippen LogP contribution in [0.15, 0.2) is 4.52 Å². The number of nitrogen functional groups attached to an aromatic ring is 1. The smallest absolute Gasteiger partial charge is 0.186 e. The van der Waals surface area contributed by atoms with Crippen molar-refractivity contribution in [2.75, 3.05) is 42.6 Å². The van der Waals surface area contributed by atoms with Crippen LogP contribution in [-0.4, -0.2) is 79.3 Å². The molecule has 47 heavy (non-hydrogen) atoms. The minimum atomic E-state index is -0.826. The number of thiophene rings is 1. The summed E-state index contributed by atoms with van der Waals surface area (Å²) in [5.74, 6) is 2.98. The van der Waals surface area contributed by atoms with Crippen molar-refractivity contribution < 1.29 is 9.63 Å². The summed E-state index contributed by atoms with van der Waals surface area (Å²) in [6.45, 7) is 6.44. The van der Waals surface area contributed by atoms with Crippen LogP contribution in [0.5, 0.6) is 0 Å². The average Bonchev–Trinajstić information content (AvgIpc) is 3.82. The van der Waals surface area contributed by atoms with Gasteiger partial charge in [-0.2, -0.15) is 10.4 Å². The van der Waals surface area contributed by atoms with Crippen molar-refractivity contribution in [1.29, 1.82) is 5.26 Å². The average molecular weight is 655 g/mol. The van der Waals surface area contributed by atoms with Crippen molar-refractivity contribution in [3.05, 3.63) is 27.3 Å². The third-order valence-corrected chi connectivity index (χ3v) is 12.9. The number of rotatable bonds is 3. The van der Waals surface area contributed by atoms with Gasteiger partial charge in [0.25, 0.3) is 0 Å². The highest BCUT2D eigenvalue weighted by molar-refractivity contribution is 7.16. The molecule has 1 spiro atoms. The molecule has 0 radical (unpaired) electrons. The third-order valence-electron chi connectivity index (χ3n) is 11.9. The van der Waals surface area contributed by atoms with E-state index in [4.69, 9.17) is 30.5 Å². The number of fused-ring (bicyclic) bond motifs is 6. The number of nitriles is 1. The molecule has 246 valence electrons. The summed E-state index contributed by atoms with van der Waals surface area (Å²) >= 11 is 1.55. The van der Waals surface area contributed by atoms with Gasteiger partial charge in [-0.1, -0.05) is 5.16 Å². The first-order valence-electron chi connectivity index (χ1n) is 17.2. The van der Waals surface area contributed by atoms with Crippen LogP contribution < -0.4 is 16.0 Å². The van der Waals surface area contributed by atoms with E-state index in [1.165, 1.54) is 11.3 Å². The fourth-order valence-corrected chi connectivity index (χ4v) is 10.7. The second kappa shape index (κ2) is 10.4. The molecule has 9 rings (SSSR count). The molecule has 2 aliphatic carbocycles. The van der Waals surface area contributed by atoms with Crippen LogP contribution in [0.2, 0.25) is 0 Å². The van der Waals surface area contributed by atoms with Crippen LogP contribution in [0.3, 0.4) is 0 Å². The lowest BCUT2D eigenvalue weighted by Crippen LogP contribution is -2.53. The summed E-state index contributed by atoms with van der Waals surface area (Å²) in [6.07, 6.45) is 9.37. The number of aromatic nitrogens is 5. The Balaban J connectivity index is 1.24. The monoisotopic (exact) mass is 654 g/mol. The predicted molar refractivity (Wildman–Crippen MR) is 181 cm³/mol. The van der Waals surface area contributed by atoms with E-state index >= 15 is 0 Å². The zero-order valence-electron chi connectivity index (χ0n) is 27.3. The van der Waals surface area contributed by atoms with Crippen LogP contribution in [0, 0.1) is 11.3 Å². The van der Waals surface area contributed by atoms with Gasteiger partial charge in [-0.3, -0.25) is 0 Å². The number of hydrogen-bond acceptors (Lipinski definition) is 12. The summed E-state index contributed by atoms with van der Waals surface area (Å²) in [6, 6.07) is 3.05. The summed E-state index contributed by atoms with van der Waals surface area (Å²) in [7, 11) is 2.20. The number of nitrogens with two attached hydrogens (primary N) is 1. The van der Waals surface area contributed by atoms with Crippen molar-refractivity contribution in [3.8, 4) is 17.6 Å². The molecule has 0 aromatic carbocycles. The molecule has 0 amide bonds. The molecule has 0 saturated carbocycles. The fraction of sp³-hybridized carbons (Fsp3) is 0.618. The van der Waals surface area contributed by atoms with Gasteiger partial charge in [0.05, 0.1) is 22.6 Å². The van der Waals surface area contributed by atoms with Crippen LogP contribution in [0.25, 0.3) is 22.6 Å². The summed E-state index contributed by atoms with van der Waals surface area (Å²) in [5, 5.41) is 36.5. The standard InChI is InChI=1S/C34H42N10O2S/c1-18(22-8-6-14-42(22)3)44-32-24-29(40-44)37-16-19-10-13-33(2,45)17-43(19)31(24)38-30(39-32)26-20-7-4-11-34(27(20)46-41-26)12-5-9-23-25(34)21(15-35)28(36)47-23/h18-19,22,45H,4-14,16-17,36H2,1-3H3,(H,37,40). The molecule has 13 heteroatoms. The minimum Gasteiger partial charge on any atom is -0.389 e. The molecule has 2 fully saturated rings. The first kappa shape index (κ1) is 29.4. The van der Waals surface area contributed by atoms with E-state index in [1.54, 1.807) is 11.3 Å². The largest absolute Gasteiger partial charge is 0.389 e. The molecule has 0 bridgehead atoms. The van der Waals surface area contributed by atoms with Crippen molar-refractivity contribution in [1.82, 2.24) is 29.8 Å². The number of likely N-dealkylation sites (N-methyl/N-ethyl adjacent to an activating group) is 1. The molecule has 12 nitrogen and oxygen atoms in total. The number of nitrogens with one attached hydrogen (secondary N) is 1. The van der Waals surface area contributed by atoms with Gasteiger partial charge in [0.15, 0.2) is 28.7 Å². The van der Waals surface area contributed by atoms with Gasteiger partial charge in [-0.25, -0.2) is 14.6 Å². The summed E-state index contributed by atoms with van der Waals surface area (Å²) < 4.78 is 8.47. The number of anilines is 3. The number of piperidine rings is 1. The van der Waals surface area contributed by atoms with Gasteiger partial charge >= 0.3 is 0 Å². The Labute approximate surface area is 277 Å². The predicted octanol–water partition coefficient (Wildman–Crippen LogP) is 4.76. The Hall–Kier alpha value is -3.73. The number of aliphatic hydroxyl groups is 1. The maximum absolute atomic E-state index is 11.3. The Bertz CT molecular complexity index is 1950. The molecule has 2 saturated heterocycles. The highest BCUT2D eigenvalue weighted by Crippen LogP contribution is 2.55. The van der Waals surface area contributed by atoms with Crippen molar-refractivity contribution in [2.24, 2.45) is 0 Å². The van der Waals surface area contributed by atoms with Gasteiger partial charge < -0.3 is 30.5 Å². The van der Waals surface area contributed by atoms with E-state index in [-0.39, 0.29) is 12.1 Å². The molecular formula is C34H42N10O2S. The normalized spacial score (nSPS) is 29.2. The molecule has 5 unspecified atom stereocenters. The molecule has 4 aromatic rings. The number of likely N-dealkylation sites (tertiary alicyclic amines) is 1. The molecule has 5 atom stereocenters. The SMILES string of the molecule is CC(C1CCCN1C)n1nc2c3c(nc(-c4noc5c4CCCC54CCCc5sc(N)c(C#N)c54)nc31)N1CC(C)(O)CCC1CN2. The Kier molecular flexibility index (Phi) is 6.50. The van der Waals surface area contributed by atoms with Crippen molar-refractivity contribution in [3.63, 3.8) is 0 Å². The highest BCUT2D eigenvalue weighted by Gasteiger charge is 2.49. The molecular weight excluding hydrogens is 613 g/mol. The lowest BCUT2D eigenvalue weighted by molar-refractivity contribution is 0.0373. The Morgan fingerprint density at radius 1 is 1.17 bits per heavy atom. The van der Waals surface area contributed by atoms with E-state index in [0.717, 1.165) is 110 Å². The van der Waals surface area contributed by atoms with E-state index < -0.39 is 11.0 Å². The molecule has 3 aliphatic heterocycles. The van der Waals surface area contributed by atoms with Crippen LogP contribution in [0.1, 0.15) is 98.6 Å². The van der Waals surface area contributed by atoms with Crippen LogP contribution >= 0.6 is 11.3 Å². The topological polar surface area (TPSA) is 158 Å². The van der Waals surface area contributed by atoms with E-state index in [1.807, 2.05) is 6.92 Å². The molecule has 4 aromatic heterocycles. The van der Waals surface area contributed by atoms with Gasteiger partial charge in [0.1, 0.15) is 22.3 Å². The van der Waals surface area contributed by atoms with E-state index in [9.17, 15) is 10.4 Å². The Morgan fingerprint density at radius 3 is 2.79 bits per heavy atom. The highest BCUT2D eigenvalue weighted by atomic mass is 32.1. The lowest BCUT2D eigenvalue weighted by atomic mass is 9.63. The van der Waals surface area contributed by atoms with E-state index in [2.05, 4.69) is 39.8 Å². The second-order valence-corrected chi connectivity index (χ2v) is 16.0. The number of hydrogen-bond donors (Lipinski definition) is 3. The zero-order valence-corrected chi connectivity index (χ0v) is 28.2. The first-order chi connectivity index (χ1) is 22.7. The van der Waals surface area contributed by atoms with Crippen LogP contribution in [-0.2, 0) is 18.3 Å². The zero-order chi connectivity index (χ0) is 32.2. The number of aryl methyl sites for hydroxylation is 1. The summed E-state index contributed by atoms with van der Waals surface area (Å²) in [5.41, 5.74) is 9.30.